The topological polar surface area (TPSA) is 42.4 Å². The maximum atomic E-state index is 11.6. The predicted octanol–water partition coefficient (Wildman–Crippen LogP) is 3.53. The van der Waals surface area contributed by atoms with Crippen LogP contribution in [0.3, 0.4) is 0 Å². The minimum atomic E-state index is -0.410. The number of ether oxygens (including phenoxy) is 1. The van der Waals surface area contributed by atoms with Gasteiger partial charge in [0.15, 0.2) is 0 Å². The summed E-state index contributed by atoms with van der Waals surface area (Å²) in [5, 5.41) is 0. The van der Waals surface area contributed by atoms with E-state index in [1.807, 2.05) is 6.07 Å². The number of carbonyl (C=O) groups is 1. The van der Waals surface area contributed by atoms with Gasteiger partial charge in [-0.15, -0.1) is 0 Å². The van der Waals surface area contributed by atoms with Crippen LogP contribution in [0.1, 0.15) is 29.8 Å². The molecule has 0 radical (unpaired) electrons. The average molecular weight is 296 g/mol. The molecular formula is C18H20N2O2. The van der Waals surface area contributed by atoms with Crippen LogP contribution in [-0.4, -0.2) is 31.2 Å². The van der Waals surface area contributed by atoms with Gasteiger partial charge < -0.3 is 9.64 Å². The molecule has 22 heavy (non-hydrogen) atoms. The Kier molecular flexibility index (Phi) is 4.37. The maximum absolute atomic E-state index is 11.6. The van der Waals surface area contributed by atoms with Crippen LogP contribution in [0.15, 0.2) is 42.6 Å². The van der Waals surface area contributed by atoms with E-state index in [0.717, 1.165) is 24.2 Å². The van der Waals surface area contributed by atoms with Gasteiger partial charge in [0.05, 0.1) is 7.11 Å². The van der Waals surface area contributed by atoms with Gasteiger partial charge in [0.2, 0.25) is 0 Å². The van der Waals surface area contributed by atoms with Crippen molar-refractivity contribution < 1.29 is 9.53 Å². The van der Waals surface area contributed by atoms with Gasteiger partial charge in [-0.2, -0.15) is 0 Å². The summed E-state index contributed by atoms with van der Waals surface area (Å²) in [6.07, 6.45) is 5.52. The summed E-state index contributed by atoms with van der Waals surface area (Å²) >= 11 is 0. The highest BCUT2D eigenvalue weighted by molar-refractivity contribution is 5.88. The smallest absolute Gasteiger partial charge is 0.356 e. The van der Waals surface area contributed by atoms with Gasteiger partial charge in [-0.05, 0) is 54.7 Å². The molecule has 1 aliphatic heterocycles. The van der Waals surface area contributed by atoms with Crippen LogP contribution in [0.2, 0.25) is 0 Å². The van der Waals surface area contributed by atoms with Crippen LogP contribution in [0.4, 0.5) is 5.69 Å². The molecule has 0 atom stereocenters. The zero-order valence-corrected chi connectivity index (χ0v) is 12.8. The molecule has 4 heteroatoms. The third-order valence-electron chi connectivity index (χ3n) is 4.08. The average Bonchev–Trinajstić information content (AvgIpc) is 2.62. The van der Waals surface area contributed by atoms with E-state index in [9.17, 15) is 4.79 Å². The molecular weight excluding hydrogens is 276 g/mol. The number of hydrogen-bond donors (Lipinski definition) is 0. The molecule has 1 fully saturated rings. The van der Waals surface area contributed by atoms with Crippen LogP contribution >= 0.6 is 0 Å². The van der Waals surface area contributed by atoms with Crippen molar-refractivity contribution in [3.05, 3.63) is 48.3 Å². The SMILES string of the molecule is COC(=O)c1cc(-c2ccc(N3CCCCC3)cc2)ccn1. The van der Waals surface area contributed by atoms with Crippen molar-refractivity contribution in [1.29, 1.82) is 0 Å². The monoisotopic (exact) mass is 296 g/mol. The molecule has 0 spiro atoms. The van der Waals surface area contributed by atoms with E-state index in [4.69, 9.17) is 4.74 Å². The van der Waals surface area contributed by atoms with Crippen molar-refractivity contribution in [3.8, 4) is 11.1 Å². The van der Waals surface area contributed by atoms with Crippen molar-refractivity contribution in [2.24, 2.45) is 0 Å². The summed E-state index contributed by atoms with van der Waals surface area (Å²) in [5.41, 5.74) is 3.65. The van der Waals surface area contributed by atoms with Crippen LogP contribution in [0.5, 0.6) is 0 Å². The van der Waals surface area contributed by atoms with Gasteiger partial charge in [-0.25, -0.2) is 9.78 Å². The van der Waals surface area contributed by atoms with Gasteiger partial charge in [0.1, 0.15) is 5.69 Å². The van der Waals surface area contributed by atoms with Crippen LogP contribution in [0, 0.1) is 0 Å². The normalized spacial score (nSPS) is 14.7. The van der Waals surface area contributed by atoms with Gasteiger partial charge in [-0.3, -0.25) is 0 Å². The van der Waals surface area contributed by atoms with E-state index in [1.54, 1.807) is 12.3 Å². The first-order valence-corrected chi connectivity index (χ1v) is 7.68. The molecule has 1 saturated heterocycles. The van der Waals surface area contributed by atoms with Crippen molar-refractivity contribution in [3.63, 3.8) is 0 Å². The number of anilines is 1. The molecule has 0 aliphatic carbocycles. The first kappa shape index (κ1) is 14.6. The zero-order chi connectivity index (χ0) is 15.4. The Morgan fingerprint density at radius 2 is 1.77 bits per heavy atom. The minimum absolute atomic E-state index is 0.333. The molecule has 114 valence electrons. The van der Waals surface area contributed by atoms with Crippen molar-refractivity contribution in [2.45, 2.75) is 19.3 Å². The molecule has 3 rings (SSSR count). The largest absolute Gasteiger partial charge is 0.464 e. The molecule has 1 aromatic heterocycles. The second kappa shape index (κ2) is 6.60. The summed E-state index contributed by atoms with van der Waals surface area (Å²) in [6.45, 7) is 2.28. The molecule has 1 aromatic carbocycles. The number of benzene rings is 1. The van der Waals surface area contributed by atoms with Crippen LogP contribution in [-0.2, 0) is 4.74 Å². The highest BCUT2D eigenvalue weighted by Gasteiger charge is 2.12. The van der Waals surface area contributed by atoms with Crippen LogP contribution in [0.25, 0.3) is 11.1 Å². The maximum Gasteiger partial charge on any atom is 0.356 e. The molecule has 4 nitrogen and oxygen atoms in total. The number of carbonyl (C=O) groups excluding carboxylic acids is 1. The minimum Gasteiger partial charge on any atom is -0.464 e. The van der Waals surface area contributed by atoms with E-state index < -0.39 is 5.97 Å². The summed E-state index contributed by atoms with van der Waals surface area (Å²) in [5.74, 6) is -0.410. The Balaban J connectivity index is 1.82. The number of esters is 1. The molecule has 2 aromatic rings. The third kappa shape index (κ3) is 3.11. The van der Waals surface area contributed by atoms with Crippen molar-refractivity contribution in [2.75, 3.05) is 25.1 Å². The van der Waals surface area contributed by atoms with Crippen molar-refractivity contribution in [1.82, 2.24) is 4.98 Å². The number of pyridine rings is 1. The Bertz CT molecular complexity index is 646. The zero-order valence-electron chi connectivity index (χ0n) is 12.8. The second-order valence-electron chi connectivity index (χ2n) is 5.52. The number of piperidine rings is 1. The molecule has 1 aliphatic rings. The first-order valence-electron chi connectivity index (χ1n) is 7.68. The lowest BCUT2D eigenvalue weighted by atomic mass is 10.0. The number of methoxy groups -OCH3 is 1. The van der Waals surface area contributed by atoms with Gasteiger partial charge in [0, 0.05) is 25.0 Å². The lowest BCUT2D eigenvalue weighted by Crippen LogP contribution is -2.29. The van der Waals surface area contributed by atoms with Gasteiger partial charge in [-0.1, -0.05) is 12.1 Å². The van der Waals surface area contributed by atoms with Crippen LogP contribution < -0.4 is 4.90 Å². The molecule has 0 N–H and O–H groups in total. The van der Waals surface area contributed by atoms with E-state index in [2.05, 4.69) is 34.1 Å². The Morgan fingerprint density at radius 1 is 1.05 bits per heavy atom. The Morgan fingerprint density at radius 3 is 2.45 bits per heavy atom. The third-order valence-corrected chi connectivity index (χ3v) is 4.08. The van der Waals surface area contributed by atoms with E-state index >= 15 is 0 Å². The highest BCUT2D eigenvalue weighted by atomic mass is 16.5. The lowest BCUT2D eigenvalue weighted by molar-refractivity contribution is 0.0594. The standard InChI is InChI=1S/C18H20N2O2/c1-22-18(21)17-13-15(9-10-19-17)14-5-7-16(8-6-14)20-11-3-2-4-12-20/h5-10,13H,2-4,11-12H2,1H3. The van der Waals surface area contributed by atoms with E-state index in [1.165, 1.54) is 32.1 Å². The van der Waals surface area contributed by atoms with Gasteiger partial charge in [0.25, 0.3) is 0 Å². The number of rotatable bonds is 3. The fourth-order valence-electron chi connectivity index (χ4n) is 2.84. The molecule has 0 saturated carbocycles. The Labute approximate surface area is 130 Å². The molecule has 0 amide bonds. The quantitative estimate of drug-likeness (QED) is 0.813. The highest BCUT2D eigenvalue weighted by Crippen LogP contribution is 2.25. The predicted molar refractivity (Wildman–Crippen MR) is 87.1 cm³/mol. The molecule has 0 bridgehead atoms. The van der Waals surface area contributed by atoms with E-state index in [0.29, 0.717) is 5.69 Å². The first-order chi connectivity index (χ1) is 10.8. The fourth-order valence-corrected chi connectivity index (χ4v) is 2.84. The summed E-state index contributed by atoms with van der Waals surface area (Å²) in [7, 11) is 1.37. The molecule has 2 heterocycles. The number of hydrogen-bond acceptors (Lipinski definition) is 4. The number of aromatic nitrogens is 1. The van der Waals surface area contributed by atoms with Crippen molar-refractivity contribution >= 4 is 11.7 Å². The lowest BCUT2D eigenvalue weighted by Gasteiger charge is -2.28. The van der Waals surface area contributed by atoms with Gasteiger partial charge >= 0.3 is 5.97 Å². The fraction of sp³-hybridized carbons (Fsp3) is 0.333. The molecule has 0 unspecified atom stereocenters. The second-order valence-corrected chi connectivity index (χ2v) is 5.52. The Hall–Kier alpha value is -2.36. The summed E-state index contributed by atoms with van der Waals surface area (Å²) in [4.78, 5) is 18.0. The summed E-state index contributed by atoms with van der Waals surface area (Å²) < 4.78 is 4.72. The number of nitrogens with zero attached hydrogens (tertiary/aromatic N) is 2. The van der Waals surface area contributed by atoms with E-state index in [-0.39, 0.29) is 0 Å². The summed E-state index contributed by atoms with van der Waals surface area (Å²) in [6, 6.07) is 12.2.